The van der Waals surface area contributed by atoms with Crippen LogP contribution in [0.15, 0.2) is 0 Å². The summed E-state index contributed by atoms with van der Waals surface area (Å²) in [6, 6.07) is -0.196. The van der Waals surface area contributed by atoms with Crippen molar-refractivity contribution in [2.24, 2.45) is 5.73 Å². The first kappa shape index (κ1) is 16.4. The molecule has 0 aromatic heterocycles. The topological polar surface area (TPSA) is 64.8 Å². The molecule has 0 saturated carbocycles. The first-order valence-electron chi connectivity index (χ1n) is 6.21. The summed E-state index contributed by atoms with van der Waals surface area (Å²) in [6.07, 6.45) is 0.612. The molecule has 0 heterocycles. The standard InChI is InChI=1S/C12H26N2O3/c1-5-14(10(3)9-16-4)8-7-11(13)12(15)17-6-2/h10-11H,5-9,13H2,1-4H3. The van der Waals surface area contributed by atoms with Crippen LogP contribution in [-0.4, -0.2) is 56.4 Å². The van der Waals surface area contributed by atoms with E-state index >= 15 is 0 Å². The van der Waals surface area contributed by atoms with E-state index in [1.165, 1.54) is 0 Å². The highest BCUT2D eigenvalue weighted by Crippen LogP contribution is 2.03. The maximum Gasteiger partial charge on any atom is 0.322 e. The Kier molecular flexibility index (Phi) is 9.03. The van der Waals surface area contributed by atoms with Crippen molar-refractivity contribution in [2.45, 2.75) is 39.3 Å². The Bertz CT molecular complexity index is 212. The van der Waals surface area contributed by atoms with E-state index in [2.05, 4.69) is 18.7 Å². The number of nitrogens with zero attached hydrogens (tertiary/aromatic N) is 1. The summed E-state index contributed by atoms with van der Waals surface area (Å²) in [5, 5.41) is 0. The van der Waals surface area contributed by atoms with Crippen molar-refractivity contribution in [3.63, 3.8) is 0 Å². The van der Waals surface area contributed by atoms with Crippen molar-refractivity contribution in [3.05, 3.63) is 0 Å². The smallest absolute Gasteiger partial charge is 0.322 e. The molecular weight excluding hydrogens is 220 g/mol. The summed E-state index contributed by atoms with van der Waals surface area (Å²) in [6.45, 7) is 8.72. The van der Waals surface area contributed by atoms with Gasteiger partial charge in [0.15, 0.2) is 0 Å². The molecule has 0 aliphatic carbocycles. The molecule has 0 amide bonds. The van der Waals surface area contributed by atoms with E-state index < -0.39 is 6.04 Å². The van der Waals surface area contributed by atoms with Gasteiger partial charge in [0.05, 0.1) is 13.2 Å². The molecule has 17 heavy (non-hydrogen) atoms. The van der Waals surface area contributed by atoms with Gasteiger partial charge >= 0.3 is 5.97 Å². The largest absolute Gasteiger partial charge is 0.465 e. The summed E-state index contributed by atoms with van der Waals surface area (Å²) >= 11 is 0. The fourth-order valence-corrected chi connectivity index (χ4v) is 1.71. The average molecular weight is 246 g/mol. The molecular formula is C12H26N2O3. The van der Waals surface area contributed by atoms with Crippen molar-refractivity contribution in [3.8, 4) is 0 Å². The minimum atomic E-state index is -0.529. The number of methoxy groups -OCH3 is 1. The van der Waals surface area contributed by atoms with Crippen molar-refractivity contribution < 1.29 is 14.3 Å². The molecule has 2 atom stereocenters. The van der Waals surface area contributed by atoms with Gasteiger partial charge < -0.3 is 15.2 Å². The number of rotatable bonds is 9. The molecule has 2 N–H and O–H groups in total. The van der Waals surface area contributed by atoms with Gasteiger partial charge in [-0.15, -0.1) is 0 Å². The van der Waals surface area contributed by atoms with Gasteiger partial charge in [0, 0.05) is 19.7 Å². The van der Waals surface area contributed by atoms with Gasteiger partial charge in [0.25, 0.3) is 0 Å². The molecule has 0 rings (SSSR count). The molecule has 102 valence electrons. The molecule has 0 spiro atoms. The quantitative estimate of drug-likeness (QED) is 0.604. The lowest BCUT2D eigenvalue weighted by Crippen LogP contribution is -2.41. The Labute approximate surface area is 104 Å². The Morgan fingerprint density at radius 3 is 2.53 bits per heavy atom. The third-order valence-corrected chi connectivity index (χ3v) is 2.75. The fraction of sp³-hybridized carbons (Fsp3) is 0.917. The van der Waals surface area contributed by atoms with Crippen LogP contribution < -0.4 is 5.73 Å². The van der Waals surface area contributed by atoms with Gasteiger partial charge in [-0.2, -0.15) is 0 Å². The van der Waals surface area contributed by atoms with Gasteiger partial charge in [0.1, 0.15) is 6.04 Å². The number of ether oxygens (including phenoxy) is 2. The third-order valence-electron chi connectivity index (χ3n) is 2.75. The minimum Gasteiger partial charge on any atom is -0.465 e. The zero-order chi connectivity index (χ0) is 13.3. The number of likely N-dealkylation sites (N-methyl/N-ethyl adjacent to an activating group) is 1. The van der Waals surface area contributed by atoms with E-state index in [1.807, 2.05) is 0 Å². The molecule has 0 radical (unpaired) electrons. The summed E-state index contributed by atoms with van der Waals surface area (Å²) < 4.78 is 9.99. The summed E-state index contributed by atoms with van der Waals surface area (Å²) in [5.74, 6) is -0.317. The SMILES string of the molecule is CCOC(=O)C(N)CCN(CC)C(C)COC. The third kappa shape index (κ3) is 6.61. The number of hydrogen-bond acceptors (Lipinski definition) is 5. The molecule has 5 nitrogen and oxygen atoms in total. The normalized spacial score (nSPS) is 14.7. The van der Waals surface area contributed by atoms with Crippen LogP contribution >= 0.6 is 0 Å². The monoisotopic (exact) mass is 246 g/mol. The number of nitrogens with two attached hydrogens (primary N) is 1. The molecule has 2 unspecified atom stereocenters. The predicted octanol–water partition coefficient (Wildman–Crippen LogP) is 0.624. The summed E-state index contributed by atoms with van der Waals surface area (Å²) in [7, 11) is 1.69. The van der Waals surface area contributed by atoms with Gasteiger partial charge in [-0.05, 0) is 26.8 Å². The summed E-state index contributed by atoms with van der Waals surface area (Å²) in [5.41, 5.74) is 5.75. The molecule has 0 saturated heterocycles. The van der Waals surface area contributed by atoms with E-state index in [-0.39, 0.29) is 5.97 Å². The molecule has 0 fully saturated rings. The van der Waals surface area contributed by atoms with Crippen LogP contribution in [0.3, 0.4) is 0 Å². The number of hydrogen-bond donors (Lipinski definition) is 1. The summed E-state index contributed by atoms with van der Waals surface area (Å²) in [4.78, 5) is 13.6. The Morgan fingerprint density at radius 1 is 1.41 bits per heavy atom. The Hall–Kier alpha value is -0.650. The number of carbonyl (C=O) groups excluding carboxylic acids is 1. The number of carbonyl (C=O) groups is 1. The van der Waals surface area contributed by atoms with E-state index in [1.54, 1.807) is 14.0 Å². The first-order chi connectivity index (χ1) is 8.06. The minimum absolute atomic E-state index is 0.317. The van der Waals surface area contributed by atoms with E-state index in [4.69, 9.17) is 15.2 Å². The molecule has 0 aromatic rings. The highest BCUT2D eigenvalue weighted by Gasteiger charge is 2.18. The van der Waals surface area contributed by atoms with Gasteiger partial charge in [-0.3, -0.25) is 9.69 Å². The second kappa shape index (κ2) is 9.39. The number of esters is 1. The van der Waals surface area contributed by atoms with Gasteiger partial charge in [0.2, 0.25) is 0 Å². The van der Waals surface area contributed by atoms with Crippen molar-refractivity contribution >= 4 is 5.97 Å². The van der Waals surface area contributed by atoms with Crippen LogP contribution in [0.4, 0.5) is 0 Å². The van der Waals surface area contributed by atoms with Crippen LogP contribution in [0.1, 0.15) is 27.2 Å². The predicted molar refractivity (Wildman–Crippen MR) is 67.8 cm³/mol. The zero-order valence-electron chi connectivity index (χ0n) is 11.4. The Balaban J connectivity index is 4.00. The van der Waals surface area contributed by atoms with Crippen LogP contribution in [0.5, 0.6) is 0 Å². The van der Waals surface area contributed by atoms with E-state index in [0.29, 0.717) is 25.7 Å². The lowest BCUT2D eigenvalue weighted by Gasteiger charge is -2.27. The lowest BCUT2D eigenvalue weighted by atomic mass is 10.2. The van der Waals surface area contributed by atoms with Gasteiger partial charge in [-0.25, -0.2) is 0 Å². The zero-order valence-corrected chi connectivity index (χ0v) is 11.4. The fourth-order valence-electron chi connectivity index (χ4n) is 1.71. The maximum absolute atomic E-state index is 11.3. The van der Waals surface area contributed by atoms with Crippen molar-refractivity contribution in [1.29, 1.82) is 0 Å². The average Bonchev–Trinajstić information content (AvgIpc) is 2.30. The second-order valence-electron chi connectivity index (χ2n) is 4.08. The van der Waals surface area contributed by atoms with Crippen LogP contribution in [0.25, 0.3) is 0 Å². The highest BCUT2D eigenvalue weighted by molar-refractivity contribution is 5.75. The Morgan fingerprint density at radius 2 is 2.06 bits per heavy atom. The van der Waals surface area contributed by atoms with Crippen molar-refractivity contribution in [2.75, 3.05) is 33.4 Å². The van der Waals surface area contributed by atoms with Crippen LogP contribution in [-0.2, 0) is 14.3 Å². The van der Waals surface area contributed by atoms with E-state index in [0.717, 1.165) is 13.1 Å². The van der Waals surface area contributed by atoms with Crippen LogP contribution in [0.2, 0.25) is 0 Å². The lowest BCUT2D eigenvalue weighted by molar-refractivity contribution is -0.144. The van der Waals surface area contributed by atoms with Gasteiger partial charge in [-0.1, -0.05) is 6.92 Å². The molecule has 0 aliphatic heterocycles. The maximum atomic E-state index is 11.3. The van der Waals surface area contributed by atoms with Crippen LogP contribution in [0, 0.1) is 0 Å². The first-order valence-corrected chi connectivity index (χ1v) is 6.21. The highest BCUT2D eigenvalue weighted by atomic mass is 16.5. The van der Waals surface area contributed by atoms with E-state index in [9.17, 15) is 4.79 Å². The molecule has 0 aliphatic rings. The molecule has 5 heteroatoms. The second-order valence-corrected chi connectivity index (χ2v) is 4.08. The molecule has 0 aromatic carbocycles. The van der Waals surface area contributed by atoms with Crippen molar-refractivity contribution in [1.82, 2.24) is 4.90 Å². The molecule has 0 bridgehead atoms.